The summed E-state index contributed by atoms with van der Waals surface area (Å²) < 4.78 is 39.8. The number of likely N-dealkylation sites (N-methyl/N-ethyl adjacent to an activating group) is 1. The molecule has 3 rings (SSSR count). The van der Waals surface area contributed by atoms with Crippen LogP contribution in [0.2, 0.25) is 0 Å². The van der Waals surface area contributed by atoms with Gasteiger partial charge in [0.15, 0.2) is 0 Å². The van der Waals surface area contributed by atoms with E-state index in [1.807, 2.05) is 0 Å². The van der Waals surface area contributed by atoms with Crippen LogP contribution in [0.1, 0.15) is 27.6 Å². The Balaban J connectivity index is 1.78. The van der Waals surface area contributed by atoms with Crippen molar-refractivity contribution in [3.63, 3.8) is 0 Å². The molecule has 2 aliphatic rings. The molecule has 2 heterocycles. The first-order chi connectivity index (χ1) is 13.4. The summed E-state index contributed by atoms with van der Waals surface area (Å²) in [5, 5.41) is 10.9. The Kier molecular flexibility index (Phi) is 5.07. The lowest BCUT2D eigenvalue weighted by Gasteiger charge is -2.44. The maximum absolute atomic E-state index is 13.3. The number of imide groups is 1. The van der Waals surface area contributed by atoms with Gasteiger partial charge in [0.25, 0.3) is 17.5 Å². The number of halogens is 3. The van der Waals surface area contributed by atoms with Crippen LogP contribution in [0.3, 0.4) is 0 Å². The second kappa shape index (κ2) is 7.10. The number of non-ortho nitro benzene ring substituents is 1. The standard InChI is InChI=1S/C17H17F3N4O5/c1-9-6-22(7-13(21(9)2)17(18,19)20)14(25)8-23-15(26)11-4-3-10(24(28)29)5-12(11)16(23)27/h3-5,9,13H,6-8H2,1-2H3. The minimum Gasteiger partial charge on any atom is -0.338 e. The summed E-state index contributed by atoms with van der Waals surface area (Å²) in [7, 11) is 1.32. The van der Waals surface area contributed by atoms with E-state index in [-0.39, 0.29) is 23.4 Å². The van der Waals surface area contributed by atoms with E-state index in [1.165, 1.54) is 7.05 Å². The van der Waals surface area contributed by atoms with Crippen LogP contribution in [-0.4, -0.2) is 82.3 Å². The van der Waals surface area contributed by atoms with E-state index >= 15 is 0 Å². The lowest BCUT2D eigenvalue weighted by Crippen LogP contribution is -2.63. The van der Waals surface area contributed by atoms with Crippen LogP contribution in [0, 0.1) is 10.1 Å². The van der Waals surface area contributed by atoms with Gasteiger partial charge in [-0.25, -0.2) is 0 Å². The van der Waals surface area contributed by atoms with Crippen LogP contribution in [0.15, 0.2) is 18.2 Å². The van der Waals surface area contributed by atoms with Gasteiger partial charge in [-0.3, -0.25) is 34.3 Å². The summed E-state index contributed by atoms with van der Waals surface area (Å²) in [5.74, 6) is -2.51. The third kappa shape index (κ3) is 3.67. The lowest BCUT2D eigenvalue weighted by molar-refractivity contribution is -0.384. The second-order valence-electron chi connectivity index (χ2n) is 7.05. The number of nitro groups is 1. The molecule has 1 aromatic rings. The minimum absolute atomic E-state index is 0.0105. The quantitative estimate of drug-likeness (QED) is 0.419. The van der Waals surface area contributed by atoms with Gasteiger partial charge in [-0.2, -0.15) is 13.2 Å². The molecule has 0 saturated carbocycles. The molecule has 0 aliphatic carbocycles. The van der Waals surface area contributed by atoms with Gasteiger partial charge in [0, 0.05) is 31.3 Å². The molecule has 0 aromatic heterocycles. The largest absolute Gasteiger partial charge is 0.405 e. The maximum atomic E-state index is 13.3. The van der Waals surface area contributed by atoms with Crippen molar-refractivity contribution in [3.8, 4) is 0 Å². The van der Waals surface area contributed by atoms with Crippen molar-refractivity contribution in [1.82, 2.24) is 14.7 Å². The van der Waals surface area contributed by atoms with Gasteiger partial charge >= 0.3 is 6.18 Å². The number of nitrogens with zero attached hydrogens (tertiary/aromatic N) is 4. The average molecular weight is 414 g/mol. The molecule has 2 unspecified atom stereocenters. The van der Waals surface area contributed by atoms with Crippen LogP contribution >= 0.6 is 0 Å². The first-order valence-corrected chi connectivity index (χ1v) is 8.63. The van der Waals surface area contributed by atoms with E-state index in [1.54, 1.807) is 6.92 Å². The number of rotatable bonds is 3. The molecule has 29 heavy (non-hydrogen) atoms. The summed E-state index contributed by atoms with van der Waals surface area (Å²) in [6.07, 6.45) is -4.55. The van der Waals surface area contributed by atoms with Crippen molar-refractivity contribution < 1.29 is 32.5 Å². The number of hydrogen-bond acceptors (Lipinski definition) is 6. The zero-order valence-electron chi connectivity index (χ0n) is 15.5. The van der Waals surface area contributed by atoms with Crippen LogP contribution in [0.5, 0.6) is 0 Å². The van der Waals surface area contributed by atoms with Crippen molar-refractivity contribution in [2.45, 2.75) is 25.2 Å². The van der Waals surface area contributed by atoms with Gasteiger partial charge in [-0.05, 0) is 20.0 Å². The van der Waals surface area contributed by atoms with E-state index in [0.29, 0.717) is 4.90 Å². The summed E-state index contributed by atoms with van der Waals surface area (Å²) in [4.78, 5) is 50.3. The summed E-state index contributed by atoms with van der Waals surface area (Å²) in [5.41, 5.74) is -0.691. The number of fused-ring (bicyclic) bond motifs is 1. The SMILES string of the molecule is CC1CN(C(=O)CN2C(=O)c3ccc([N+](=O)[O-])cc3C2=O)CC(C(F)(F)F)N1C. The molecule has 1 fully saturated rings. The van der Waals surface area contributed by atoms with E-state index in [9.17, 15) is 37.7 Å². The highest BCUT2D eigenvalue weighted by molar-refractivity contribution is 6.22. The van der Waals surface area contributed by atoms with Crippen molar-refractivity contribution >= 4 is 23.4 Å². The number of alkyl halides is 3. The van der Waals surface area contributed by atoms with E-state index in [4.69, 9.17) is 0 Å². The Labute approximate surface area is 162 Å². The summed E-state index contributed by atoms with van der Waals surface area (Å²) in [6, 6.07) is 0.683. The molecule has 0 radical (unpaired) electrons. The Morgan fingerprint density at radius 2 is 1.83 bits per heavy atom. The van der Waals surface area contributed by atoms with Crippen molar-refractivity contribution in [1.29, 1.82) is 0 Å². The second-order valence-corrected chi connectivity index (χ2v) is 7.05. The first kappa shape index (κ1) is 20.7. The Morgan fingerprint density at radius 3 is 2.41 bits per heavy atom. The van der Waals surface area contributed by atoms with Crippen LogP contribution in [0.25, 0.3) is 0 Å². The highest BCUT2D eigenvalue weighted by Crippen LogP contribution is 2.30. The summed E-state index contributed by atoms with van der Waals surface area (Å²) in [6.45, 7) is 0.203. The minimum atomic E-state index is -4.55. The Bertz CT molecular complexity index is 904. The predicted molar refractivity (Wildman–Crippen MR) is 92.1 cm³/mol. The fraction of sp³-hybridized carbons (Fsp3) is 0.471. The number of carbonyl (C=O) groups excluding carboxylic acids is 3. The third-order valence-corrected chi connectivity index (χ3v) is 5.25. The topological polar surface area (TPSA) is 104 Å². The Morgan fingerprint density at radius 1 is 1.21 bits per heavy atom. The number of hydrogen-bond donors (Lipinski definition) is 0. The maximum Gasteiger partial charge on any atom is 0.405 e. The number of benzene rings is 1. The Hall–Kier alpha value is -3.02. The number of carbonyl (C=O) groups is 3. The number of piperazine rings is 1. The fourth-order valence-corrected chi connectivity index (χ4v) is 3.48. The zero-order chi connectivity index (χ0) is 21.7. The predicted octanol–water partition coefficient (Wildman–Crippen LogP) is 1.28. The molecular formula is C17H17F3N4O5. The molecule has 12 heteroatoms. The third-order valence-electron chi connectivity index (χ3n) is 5.25. The van der Waals surface area contributed by atoms with Gasteiger partial charge in [-0.1, -0.05) is 0 Å². The highest BCUT2D eigenvalue weighted by Gasteiger charge is 2.48. The van der Waals surface area contributed by atoms with Crippen molar-refractivity contribution in [2.75, 3.05) is 26.7 Å². The van der Waals surface area contributed by atoms with Gasteiger partial charge in [0.05, 0.1) is 16.1 Å². The monoisotopic (exact) mass is 414 g/mol. The van der Waals surface area contributed by atoms with Crippen LogP contribution < -0.4 is 0 Å². The van der Waals surface area contributed by atoms with E-state index < -0.39 is 54.0 Å². The zero-order valence-corrected chi connectivity index (χ0v) is 15.5. The number of nitro benzene ring substituents is 1. The van der Waals surface area contributed by atoms with Gasteiger partial charge in [0.2, 0.25) is 5.91 Å². The molecule has 2 atom stereocenters. The molecule has 9 nitrogen and oxygen atoms in total. The molecule has 3 amide bonds. The first-order valence-electron chi connectivity index (χ1n) is 8.63. The van der Waals surface area contributed by atoms with Gasteiger partial charge in [-0.15, -0.1) is 0 Å². The lowest BCUT2D eigenvalue weighted by atomic mass is 10.1. The summed E-state index contributed by atoms with van der Waals surface area (Å²) >= 11 is 0. The smallest absolute Gasteiger partial charge is 0.338 e. The van der Waals surface area contributed by atoms with Crippen LogP contribution in [0.4, 0.5) is 18.9 Å². The molecule has 0 N–H and O–H groups in total. The highest BCUT2D eigenvalue weighted by atomic mass is 19.4. The molecule has 1 saturated heterocycles. The molecule has 0 spiro atoms. The van der Waals surface area contributed by atoms with Crippen molar-refractivity contribution in [2.24, 2.45) is 0 Å². The molecule has 2 aliphatic heterocycles. The molecule has 1 aromatic carbocycles. The van der Waals surface area contributed by atoms with Crippen molar-refractivity contribution in [3.05, 3.63) is 39.4 Å². The normalized spacial score (nSPS) is 22.8. The van der Waals surface area contributed by atoms with Crippen LogP contribution in [-0.2, 0) is 4.79 Å². The van der Waals surface area contributed by atoms with E-state index in [2.05, 4.69) is 0 Å². The average Bonchev–Trinajstić information content (AvgIpc) is 2.87. The fourth-order valence-electron chi connectivity index (χ4n) is 3.48. The van der Waals surface area contributed by atoms with Gasteiger partial charge < -0.3 is 4.90 Å². The molecule has 0 bridgehead atoms. The number of amides is 3. The van der Waals surface area contributed by atoms with E-state index in [0.717, 1.165) is 28.0 Å². The molecule has 156 valence electrons. The van der Waals surface area contributed by atoms with Gasteiger partial charge in [0.1, 0.15) is 12.6 Å². The molecular weight excluding hydrogens is 397 g/mol.